The Morgan fingerprint density at radius 1 is 1.03 bits per heavy atom. The van der Waals surface area contributed by atoms with E-state index in [-0.39, 0.29) is 0 Å². The molecule has 1 fully saturated rings. The van der Waals surface area contributed by atoms with Crippen molar-refractivity contribution in [2.75, 3.05) is 66.4 Å². The second kappa shape index (κ2) is 10.4. The summed E-state index contributed by atoms with van der Waals surface area (Å²) < 4.78 is 13.6. The minimum atomic E-state index is -1.16. The molecule has 1 unspecified atom stereocenters. The molecule has 33 heavy (non-hydrogen) atoms. The number of anilines is 6. The molecule has 0 radical (unpaired) electrons. The number of nitrogens with one attached hydrogen (secondary N) is 2. The van der Waals surface area contributed by atoms with E-state index in [1.165, 1.54) is 5.69 Å². The lowest BCUT2D eigenvalue weighted by atomic mass is 10.2. The van der Waals surface area contributed by atoms with Crippen LogP contribution in [0, 0.1) is 0 Å². The molecule has 0 bridgehead atoms. The molecule has 174 valence electrons. The number of rotatable bonds is 7. The van der Waals surface area contributed by atoms with Crippen molar-refractivity contribution in [3.8, 4) is 0 Å². The first-order valence-corrected chi connectivity index (χ1v) is 12.6. The topological polar surface area (TPSA) is 76.6 Å². The highest BCUT2D eigenvalue weighted by atomic mass is 35.5. The normalized spacial score (nSPS) is 15.2. The van der Waals surface area contributed by atoms with Crippen LogP contribution in [0.3, 0.4) is 0 Å². The van der Waals surface area contributed by atoms with Crippen LogP contribution >= 0.6 is 11.6 Å². The molecule has 1 atom stereocenters. The van der Waals surface area contributed by atoms with Crippen molar-refractivity contribution in [3.05, 3.63) is 59.8 Å². The monoisotopic (exact) mass is 485 g/mol. The molecule has 4 rings (SSSR count). The van der Waals surface area contributed by atoms with E-state index in [1.807, 2.05) is 36.4 Å². The summed E-state index contributed by atoms with van der Waals surface area (Å²) in [7, 11) is 2.77. The second-order valence-corrected chi connectivity index (χ2v) is 9.72. The molecule has 3 aromatic rings. The molecule has 10 heteroatoms. The number of likely N-dealkylation sites (N-methyl/N-ethyl adjacent to an activating group) is 1. The zero-order valence-electron chi connectivity index (χ0n) is 19.0. The average Bonchev–Trinajstić information content (AvgIpc) is 2.82. The quantitative estimate of drug-likeness (QED) is 0.521. The Morgan fingerprint density at radius 3 is 2.42 bits per heavy atom. The van der Waals surface area contributed by atoms with E-state index in [4.69, 9.17) is 11.6 Å². The van der Waals surface area contributed by atoms with E-state index in [9.17, 15) is 4.21 Å². The van der Waals surface area contributed by atoms with E-state index >= 15 is 0 Å². The summed E-state index contributed by atoms with van der Waals surface area (Å²) in [5.41, 5.74) is 3.63. The van der Waals surface area contributed by atoms with Crippen LogP contribution in [-0.4, -0.2) is 65.6 Å². The van der Waals surface area contributed by atoms with Gasteiger partial charge in [0.2, 0.25) is 5.95 Å². The molecule has 0 saturated carbocycles. The fraction of sp³-hybridized carbons (Fsp3) is 0.304. The number of aromatic nitrogens is 2. The summed E-state index contributed by atoms with van der Waals surface area (Å²) in [4.78, 5) is 13.6. The number of piperazine rings is 1. The third kappa shape index (κ3) is 5.73. The molecule has 2 aromatic carbocycles. The number of hydrogen-bond acceptors (Lipinski definition) is 7. The predicted octanol–water partition coefficient (Wildman–Crippen LogP) is 4.10. The van der Waals surface area contributed by atoms with Crippen LogP contribution in [0.15, 0.2) is 54.7 Å². The Kier molecular flexibility index (Phi) is 7.32. The maximum absolute atomic E-state index is 12.0. The second-order valence-electron chi connectivity index (χ2n) is 7.92. The highest BCUT2D eigenvalue weighted by Crippen LogP contribution is 2.31. The molecular formula is C23H28ClN7OS. The fourth-order valence-corrected chi connectivity index (χ4v) is 4.16. The molecular weight excluding hydrogens is 458 g/mol. The molecule has 1 aromatic heterocycles. The van der Waals surface area contributed by atoms with Crippen LogP contribution in [0.2, 0.25) is 5.02 Å². The van der Waals surface area contributed by atoms with E-state index < -0.39 is 11.0 Å². The van der Waals surface area contributed by atoms with Crippen molar-refractivity contribution in [2.45, 2.75) is 0 Å². The minimum absolute atomic E-state index is 0.390. The average molecular weight is 486 g/mol. The lowest BCUT2D eigenvalue weighted by Gasteiger charge is -2.34. The van der Waals surface area contributed by atoms with E-state index in [0.717, 1.165) is 43.2 Å². The molecule has 0 amide bonds. The Bertz CT molecular complexity index is 1120. The van der Waals surface area contributed by atoms with Crippen molar-refractivity contribution < 1.29 is 4.21 Å². The van der Waals surface area contributed by atoms with E-state index in [1.54, 1.807) is 23.8 Å². The Labute approximate surface area is 202 Å². The van der Waals surface area contributed by atoms with Gasteiger partial charge in [-0.2, -0.15) is 4.98 Å². The zero-order valence-corrected chi connectivity index (χ0v) is 20.5. The first kappa shape index (κ1) is 23.3. The molecule has 2 heterocycles. The number of para-hydroxylation sites is 2. The summed E-state index contributed by atoms with van der Waals surface area (Å²) >= 11 is 6.36. The summed E-state index contributed by atoms with van der Waals surface area (Å²) in [6.45, 7) is 4.20. The Balaban J connectivity index is 1.49. The highest BCUT2D eigenvalue weighted by molar-refractivity contribution is 7.85. The van der Waals surface area contributed by atoms with Gasteiger partial charge in [0.25, 0.3) is 0 Å². The SMILES string of the molecule is CN1CCN(c2ccc(Nc3ncc(Cl)c(Nc4ccccc4N(C)S(C)=O)n3)cc2)CC1. The third-order valence-electron chi connectivity index (χ3n) is 5.62. The van der Waals surface area contributed by atoms with Gasteiger partial charge >= 0.3 is 0 Å². The van der Waals surface area contributed by atoms with Crippen LogP contribution in [0.4, 0.5) is 34.5 Å². The summed E-state index contributed by atoms with van der Waals surface area (Å²) in [5, 5.41) is 6.88. The van der Waals surface area contributed by atoms with Crippen molar-refractivity contribution in [3.63, 3.8) is 0 Å². The summed E-state index contributed by atoms with van der Waals surface area (Å²) in [6, 6.07) is 15.8. The number of benzene rings is 2. The maximum Gasteiger partial charge on any atom is 0.229 e. The molecule has 1 aliphatic heterocycles. The maximum atomic E-state index is 12.0. The van der Waals surface area contributed by atoms with Crippen LogP contribution in [0.25, 0.3) is 0 Å². The van der Waals surface area contributed by atoms with Crippen molar-refractivity contribution in [1.29, 1.82) is 0 Å². The van der Waals surface area contributed by atoms with Gasteiger partial charge in [-0.25, -0.2) is 9.19 Å². The first-order chi connectivity index (χ1) is 15.9. The molecule has 0 aliphatic carbocycles. The highest BCUT2D eigenvalue weighted by Gasteiger charge is 2.15. The van der Waals surface area contributed by atoms with Gasteiger partial charge in [0.05, 0.1) is 17.6 Å². The predicted molar refractivity (Wildman–Crippen MR) is 139 cm³/mol. The standard InChI is InChI=1S/C23H28ClN7OS/c1-29-12-14-31(15-13-29)18-10-8-17(9-11-18)26-23-25-16-19(24)22(28-23)27-20-6-4-5-7-21(20)30(2)33(3)32/h4-11,16H,12-15H2,1-3H3,(H2,25,26,27,28). The smallest absolute Gasteiger partial charge is 0.229 e. The van der Waals surface area contributed by atoms with Gasteiger partial charge < -0.3 is 20.4 Å². The molecule has 1 saturated heterocycles. The lowest BCUT2D eigenvalue weighted by molar-refractivity contribution is 0.313. The van der Waals surface area contributed by atoms with Crippen LogP contribution in [-0.2, 0) is 11.0 Å². The first-order valence-electron chi connectivity index (χ1n) is 10.7. The zero-order chi connectivity index (χ0) is 23.4. The van der Waals surface area contributed by atoms with Crippen LogP contribution < -0.4 is 19.8 Å². The molecule has 8 nitrogen and oxygen atoms in total. The van der Waals surface area contributed by atoms with Crippen molar-refractivity contribution in [2.24, 2.45) is 0 Å². The Hall–Kier alpha value is -2.88. The summed E-state index contributed by atoms with van der Waals surface area (Å²) in [5.74, 6) is 0.894. The molecule has 0 spiro atoms. The minimum Gasteiger partial charge on any atom is -0.369 e. The van der Waals surface area contributed by atoms with Crippen LogP contribution in [0.1, 0.15) is 0 Å². The third-order valence-corrected chi connectivity index (χ3v) is 6.86. The molecule has 2 N–H and O–H groups in total. The Morgan fingerprint density at radius 2 is 1.73 bits per heavy atom. The van der Waals surface area contributed by atoms with Crippen molar-refractivity contribution >= 4 is 57.1 Å². The van der Waals surface area contributed by atoms with Crippen LogP contribution in [0.5, 0.6) is 0 Å². The largest absolute Gasteiger partial charge is 0.369 e. The number of hydrogen-bond donors (Lipinski definition) is 2. The number of halogens is 1. The summed E-state index contributed by atoms with van der Waals surface area (Å²) in [6.07, 6.45) is 3.19. The number of nitrogens with zero attached hydrogens (tertiary/aromatic N) is 5. The van der Waals surface area contributed by atoms with E-state index in [0.29, 0.717) is 16.8 Å². The molecule has 1 aliphatic rings. The van der Waals surface area contributed by atoms with Gasteiger partial charge in [-0.05, 0) is 43.4 Å². The van der Waals surface area contributed by atoms with Gasteiger partial charge in [0.1, 0.15) is 16.0 Å². The van der Waals surface area contributed by atoms with Gasteiger partial charge in [-0.1, -0.05) is 23.7 Å². The van der Waals surface area contributed by atoms with Gasteiger partial charge in [0, 0.05) is 50.9 Å². The van der Waals surface area contributed by atoms with Crippen molar-refractivity contribution in [1.82, 2.24) is 14.9 Å². The van der Waals surface area contributed by atoms with Gasteiger partial charge in [0.15, 0.2) is 5.82 Å². The van der Waals surface area contributed by atoms with Gasteiger partial charge in [-0.15, -0.1) is 0 Å². The van der Waals surface area contributed by atoms with E-state index in [2.05, 4.69) is 49.6 Å². The lowest BCUT2D eigenvalue weighted by Crippen LogP contribution is -2.44. The van der Waals surface area contributed by atoms with Gasteiger partial charge in [-0.3, -0.25) is 4.31 Å². The fourth-order valence-electron chi connectivity index (χ4n) is 3.58.